The van der Waals surface area contributed by atoms with E-state index in [1.54, 1.807) is 29.5 Å². The molecular formula is C18H24N4O2S. The number of carbonyl (C=O) groups excluding carboxylic acids is 1. The first-order valence-corrected chi connectivity index (χ1v) is 9.05. The minimum Gasteiger partial charge on any atom is -0.507 e. The minimum absolute atomic E-state index is 0.0194. The third kappa shape index (κ3) is 6.11. The lowest BCUT2D eigenvalue weighted by molar-refractivity contribution is 0.0951. The van der Waals surface area contributed by atoms with E-state index in [0.29, 0.717) is 25.6 Å². The van der Waals surface area contributed by atoms with Crippen molar-refractivity contribution >= 4 is 23.2 Å². The van der Waals surface area contributed by atoms with Gasteiger partial charge in [-0.2, -0.15) is 0 Å². The molecule has 0 aliphatic rings. The number of nitrogens with zero attached hydrogens (tertiary/aromatic N) is 1. The zero-order valence-electron chi connectivity index (χ0n) is 14.5. The van der Waals surface area contributed by atoms with E-state index >= 15 is 0 Å². The molecule has 0 unspecified atom stereocenters. The Morgan fingerprint density at radius 2 is 1.88 bits per heavy atom. The number of hydrogen-bond acceptors (Lipinski definition) is 4. The van der Waals surface area contributed by atoms with Gasteiger partial charge in [0.05, 0.1) is 12.1 Å². The standard InChI is InChI=1S/C18H24N4O2S/c1-3-19-18(22-12-14-9-8-13(2)25-14)21-11-10-20-17(24)15-6-4-5-7-16(15)23/h4-9,23H,3,10-12H2,1-2H3,(H,20,24)(H2,19,21,22). The van der Waals surface area contributed by atoms with Crippen molar-refractivity contribution in [3.63, 3.8) is 0 Å². The Morgan fingerprint density at radius 1 is 1.12 bits per heavy atom. The van der Waals surface area contributed by atoms with Crippen LogP contribution in [0.3, 0.4) is 0 Å². The van der Waals surface area contributed by atoms with E-state index in [0.717, 1.165) is 6.54 Å². The molecule has 0 radical (unpaired) electrons. The summed E-state index contributed by atoms with van der Waals surface area (Å²) in [5.74, 6) is 0.398. The number of nitrogens with one attached hydrogen (secondary N) is 3. The van der Waals surface area contributed by atoms with Crippen molar-refractivity contribution in [2.45, 2.75) is 20.4 Å². The molecule has 2 aromatic rings. The quantitative estimate of drug-likeness (QED) is 0.347. The zero-order chi connectivity index (χ0) is 18.1. The number of thiophene rings is 1. The van der Waals surface area contributed by atoms with E-state index in [-0.39, 0.29) is 17.2 Å². The average molecular weight is 360 g/mol. The van der Waals surface area contributed by atoms with Crippen LogP contribution in [0.25, 0.3) is 0 Å². The fourth-order valence-electron chi connectivity index (χ4n) is 2.19. The van der Waals surface area contributed by atoms with Crippen LogP contribution in [0.2, 0.25) is 0 Å². The summed E-state index contributed by atoms with van der Waals surface area (Å²) in [4.78, 5) is 19.0. The van der Waals surface area contributed by atoms with E-state index in [4.69, 9.17) is 0 Å². The van der Waals surface area contributed by atoms with Gasteiger partial charge in [-0.15, -0.1) is 11.3 Å². The van der Waals surface area contributed by atoms with Crippen molar-refractivity contribution in [1.29, 1.82) is 0 Å². The highest BCUT2D eigenvalue weighted by atomic mass is 32.1. The molecule has 0 saturated carbocycles. The highest BCUT2D eigenvalue weighted by Crippen LogP contribution is 2.16. The summed E-state index contributed by atoms with van der Waals surface area (Å²) >= 11 is 1.74. The minimum atomic E-state index is -0.295. The van der Waals surface area contributed by atoms with E-state index in [1.165, 1.54) is 15.8 Å². The smallest absolute Gasteiger partial charge is 0.255 e. The topological polar surface area (TPSA) is 85.8 Å². The Hall–Kier alpha value is -2.54. The Labute approximate surface area is 152 Å². The Balaban J connectivity index is 1.79. The number of rotatable bonds is 7. The van der Waals surface area contributed by atoms with E-state index in [9.17, 15) is 9.90 Å². The van der Waals surface area contributed by atoms with Gasteiger partial charge in [-0.25, -0.2) is 4.99 Å². The molecule has 0 spiro atoms. The monoisotopic (exact) mass is 360 g/mol. The fourth-order valence-corrected chi connectivity index (χ4v) is 3.00. The summed E-state index contributed by atoms with van der Waals surface area (Å²) in [6, 6.07) is 10.7. The highest BCUT2D eigenvalue weighted by molar-refractivity contribution is 7.11. The number of guanidine groups is 1. The van der Waals surface area contributed by atoms with Gasteiger partial charge in [-0.05, 0) is 38.1 Å². The van der Waals surface area contributed by atoms with Crippen molar-refractivity contribution < 1.29 is 9.90 Å². The van der Waals surface area contributed by atoms with Crippen LogP contribution >= 0.6 is 11.3 Å². The van der Waals surface area contributed by atoms with E-state index in [2.05, 4.69) is 40.0 Å². The molecule has 1 aromatic heterocycles. The summed E-state index contributed by atoms with van der Waals surface area (Å²) in [7, 11) is 0. The second-order valence-corrected chi connectivity index (χ2v) is 6.78. The third-order valence-electron chi connectivity index (χ3n) is 3.38. The fraction of sp³-hybridized carbons (Fsp3) is 0.333. The van der Waals surface area contributed by atoms with Crippen LogP contribution in [-0.4, -0.2) is 36.6 Å². The molecule has 25 heavy (non-hydrogen) atoms. The molecule has 4 N–H and O–H groups in total. The number of amides is 1. The number of aromatic hydroxyl groups is 1. The lowest BCUT2D eigenvalue weighted by atomic mass is 10.2. The highest BCUT2D eigenvalue weighted by Gasteiger charge is 2.09. The first-order chi connectivity index (χ1) is 12.1. The number of benzene rings is 1. The number of carbonyl (C=O) groups is 1. The summed E-state index contributed by atoms with van der Waals surface area (Å²) < 4.78 is 0. The van der Waals surface area contributed by atoms with Crippen molar-refractivity contribution in [1.82, 2.24) is 16.0 Å². The molecule has 1 amide bonds. The largest absolute Gasteiger partial charge is 0.507 e. The van der Waals surface area contributed by atoms with Crippen LogP contribution < -0.4 is 16.0 Å². The number of aliphatic imine (C=N–C) groups is 1. The van der Waals surface area contributed by atoms with E-state index in [1.807, 2.05) is 6.92 Å². The Bertz CT molecular complexity index is 727. The SMILES string of the molecule is CCNC(=NCc1ccc(C)s1)NCCNC(=O)c1ccccc1O. The van der Waals surface area contributed by atoms with E-state index < -0.39 is 0 Å². The predicted molar refractivity (Wildman–Crippen MR) is 102 cm³/mol. The molecular weight excluding hydrogens is 336 g/mol. The van der Waals surface area contributed by atoms with Gasteiger partial charge in [0, 0.05) is 29.4 Å². The van der Waals surface area contributed by atoms with Gasteiger partial charge in [0.25, 0.3) is 5.91 Å². The van der Waals surface area contributed by atoms with Gasteiger partial charge in [-0.1, -0.05) is 12.1 Å². The normalized spacial score (nSPS) is 11.2. The Kier molecular flexibility index (Phi) is 7.28. The molecule has 2 rings (SSSR count). The molecule has 1 aromatic carbocycles. The maximum atomic E-state index is 12.0. The van der Waals surface area contributed by atoms with Gasteiger partial charge in [0.2, 0.25) is 0 Å². The van der Waals surface area contributed by atoms with Gasteiger partial charge in [-0.3, -0.25) is 4.79 Å². The molecule has 6 nitrogen and oxygen atoms in total. The predicted octanol–water partition coefficient (Wildman–Crippen LogP) is 2.25. The molecule has 0 aliphatic carbocycles. The lowest BCUT2D eigenvalue weighted by Gasteiger charge is -2.12. The van der Waals surface area contributed by atoms with Crippen LogP contribution in [0, 0.1) is 6.92 Å². The summed E-state index contributed by atoms with van der Waals surface area (Å²) in [5, 5.41) is 18.8. The molecule has 7 heteroatoms. The first-order valence-electron chi connectivity index (χ1n) is 8.24. The average Bonchev–Trinajstić information content (AvgIpc) is 3.02. The Morgan fingerprint density at radius 3 is 2.56 bits per heavy atom. The second kappa shape index (κ2) is 9.68. The van der Waals surface area contributed by atoms with Gasteiger partial charge >= 0.3 is 0 Å². The lowest BCUT2D eigenvalue weighted by Crippen LogP contribution is -2.41. The number of hydrogen-bond donors (Lipinski definition) is 4. The molecule has 0 atom stereocenters. The van der Waals surface area contributed by atoms with Crippen LogP contribution in [-0.2, 0) is 6.54 Å². The van der Waals surface area contributed by atoms with Crippen molar-refractivity contribution in [3.8, 4) is 5.75 Å². The number of para-hydroxylation sites is 1. The summed E-state index contributed by atoms with van der Waals surface area (Å²) in [6.45, 7) is 6.43. The van der Waals surface area contributed by atoms with Gasteiger partial charge in [0.1, 0.15) is 5.75 Å². The third-order valence-corrected chi connectivity index (χ3v) is 4.37. The van der Waals surface area contributed by atoms with Gasteiger partial charge < -0.3 is 21.1 Å². The molecule has 1 heterocycles. The summed E-state index contributed by atoms with van der Waals surface area (Å²) in [6.07, 6.45) is 0. The van der Waals surface area contributed by atoms with Gasteiger partial charge in [0.15, 0.2) is 5.96 Å². The molecule has 0 saturated heterocycles. The summed E-state index contributed by atoms with van der Waals surface area (Å²) in [5.41, 5.74) is 0.274. The van der Waals surface area contributed by atoms with Crippen LogP contribution in [0.1, 0.15) is 27.0 Å². The molecule has 0 bridgehead atoms. The maximum absolute atomic E-state index is 12.0. The van der Waals surface area contributed by atoms with Crippen LogP contribution in [0.5, 0.6) is 5.75 Å². The molecule has 0 fully saturated rings. The maximum Gasteiger partial charge on any atom is 0.255 e. The zero-order valence-corrected chi connectivity index (χ0v) is 15.3. The first kappa shape index (κ1) is 18.8. The number of aryl methyl sites for hydroxylation is 1. The second-order valence-electron chi connectivity index (χ2n) is 5.41. The van der Waals surface area contributed by atoms with Crippen molar-refractivity contribution in [2.24, 2.45) is 4.99 Å². The van der Waals surface area contributed by atoms with Crippen LogP contribution in [0.15, 0.2) is 41.4 Å². The number of phenolic OH excluding ortho intramolecular Hbond substituents is 1. The molecule has 134 valence electrons. The van der Waals surface area contributed by atoms with Crippen LogP contribution in [0.4, 0.5) is 0 Å². The molecule has 0 aliphatic heterocycles. The van der Waals surface area contributed by atoms with Crippen molar-refractivity contribution in [3.05, 3.63) is 51.7 Å². The van der Waals surface area contributed by atoms with Crippen molar-refractivity contribution in [2.75, 3.05) is 19.6 Å². The number of phenols is 1.